The molecule has 0 amide bonds. The Bertz CT molecular complexity index is 810. The van der Waals surface area contributed by atoms with E-state index < -0.39 is 0 Å². The van der Waals surface area contributed by atoms with Crippen molar-refractivity contribution < 1.29 is 4.74 Å². The van der Waals surface area contributed by atoms with Crippen molar-refractivity contribution in [2.75, 3.05) is 6.61 Å². The van der Waals surface area contributed by atoms with Gasteiger partial charge in [-0.2, -0.15) is 0 Å². The number of aryl methyl sites for hydroxylation is 1. The normalized spacial score (nSPS) is 17.3. The highest BCUT2D eigenvalue weighted by atomic mass is 16.5. The fourth-order valence-electron chi connectivity index (χ4n) is 3.31. The van der Waals surface area contributed by atoms with Crippen LogP contribution in [0.25, 0.3) is 22.4 Å². The minimum atomic E-state index is 0.316. The Morgan fingerprint density at radius 2 is 2.13 bits per heavy atom. The van der Waals surface area contributed by atoms with Crippen LogP contribution >= 0.6 is 0 Å². The van der Waals surface area contributed by atoms with Crippen LogP contribution in [-0.2, 0) is 17.6 Å². The Morgan fingerprint density at radius 1 is 1.26 bits per heavy atom. The van der Waals surface area contributed by atoms with Gasteiger partial charge in [0.25, 0.3) is 0 Å². The number of nitrogens with one attached hydrogen (secondary N) is 1. The molecular formula is C19H21N3O. The van der Waals surface area contributed by atoms with E-state index in [1.165, 1.54) is 11.3 Å². The van der Waals surface area contributed by atoms with Gasteiger partial charge in [0.1, 0.15) is 0 Å². The molecule has 2 aromatic heterocycles. The van der Waals surface area contributed by atoms with Crippen LogP contribution in [0.2, 0.25) is 0 Å². The predicted octanol–water partition coefficient (Wildman–Crippen LogP) is 3.91. The number of benzene rings is 1. The van der Waals surface area contributed by atoms with Crippen molar-refractivity contribution in [1.29, 1.82) is 0 Å². The van der Waals surface area contributed by atoms with E-state index >= 15 is 0 Å². The number of hydrogen-bond donors (Lipinski definition) is 1. The Balaban J connectivity index is 1.71. The van der Waals surface area contributed by atoms with Crippen molar-refractivity contribution in [2.24, 2.45) is 0 Å². The molecule has 118 valence electrons. The first-order chi connectivity index (χ1) is 11.3. The van der Waals surface area contributed by atoms with Crippen LogP contribution in [0.1, 0.15) is 31.0 Å². The van der Waals surface area contributed by atoms with E-state index in [-0.39, 0.29) is 0 Å². The first kappa shape index (κ1) is 14.4. The highest BCUT2D eigenvalue weighted by molar-refractivity contribution is 5.82. The molecule has 2 heterocycles. The zero-order valence-corrected chi connectivity index (χ0v) is 13.4. The van der Waals surface area contributed by atoms with Crippen molar-refractivity contribution in [3.63, 3.8) is 0 Å². The Kier molecular flexibility index (Phi) is 3.83. The summed E-state index contributed by atoms with van der Waals surface area (Å²) in [5, 5.41) is 0. The van der Waals surface area contributed by atoms with E-state index in [4.69, 9.17) is 9.72 Å². The Morgan fingerprint density at radius 3 is 2.96 bits per heavy atom. The molecule has 0 bridgehead atoms. The zero-order valence-electron chi connectivity index (χ0n) is 13.4. The largest absolute Gasteiger partial charge is 0.378 e. The van der Waals surface area contributed by atoms with E-state index in [1.54, 1.807) is 0 Å². The summed E-state index contributed by atoms with van der Waals surface area (Å²) in [6.45, 7) is 2.99. The SMILES string of the molecule is CCCOC1CCc2[nH]c3cnc(-c4ccccc4)nc3c2C1. The summed E-state index contributed by atoms with van der Waals surface area (Å²) in [4.78, 5) is 12.8. The summed E-state index contributed by atoms with van der Waals surface area (Å²) in [5.74, 6) is 0.788. The first-order valence-corrected chi connectivity index (χ1v) is 8.38. The number of fused-ring (bicyclic) bond motifs is 3. The molecule has 1 N–H and O–H groups in total. The molecule has 0 saturated carbocycles. The lowest BCUT2D eigenvalue weighted by Gasteiger charge is -2.22. The second kappa shape index (κ2) is 6.13. The van der Waals surface area contributed by atoms with Crippen molar-refractivity contribution in [2.45, 2.75) is 38.7 Å². The predicted molar refractivity (Wildman–Crippen MR) is 91.4 cm³/mol. The molecule has 0 radical (unpaired) electrons. The molecule has 4 heteroatoms. The van der Waals surface area contributed by atoms with E-state index in [0.29, 0.717) is 6.10 Å². The van der Waals surface area contributed by atoms with Crippen LogP contribution in [0.5, 0.6) is 0 Å². The molecule has 1 aliphatic rings. The fourth-order valence-corrected chi connectivity index (χ4v) is 3.31. The van der Waals surface area contributed by atoms with Crippen molar-refractivity contribution in [3.8, 4) is 11.4 Å². The third-order valence-electron chi connectivity index (χ3n) is 4.46. The lowest BCUT2D eigenvalue weighted by Crippen LogP contribution is -2.22. The number of aromatic nitrogens is 3. The lowest BCUT2D eigenvalue weighted by molar-refractivity contribution is 0.0447. The van der Waals surface area contributed by atoms with Gasteiger partial charge in [-0.3, -0.25) is 0 Å². The molecule has 1 atom stereocenters. The summed E-state index contributed by atoms with van der Waals surface area (Å²) in [5.41, 5.74) is 5.76. The standard InChI is InChI=1S/C19H21N3O/c1-2-10-23-14-8-9-16-15(11-14)18-17(21-16)12-20-19(22-18)13-6-4-3-5-7-13/h3-7,12,14,21H,2,8-11H2,1H3. The average Bonchev–Trinajstić information content (AvgIpc) is 2.98. The Labute approximate surface area is 135 Å². The van der Waals surface area contributed by atoms with Crippen molar-refractivity contribution >= 4 is 11.0 Å². The summed E-state index contributed by atoms with van der Waals surface area (Å²) in [6.07, 6.45) is 6.35. The number of aromatic amines is 1. The van der Waals surface area contributed by atoms with Crippen molar-refractivity contribution in [1.82, 2.24) is 15.0 Å². The van der Waals surface area contributed by atoms with Crippen LogP contribution in [0.15, 0.2) is 36.5 Å². The number of nitrogens with zero attached hydrogens (tertiary/aromatic N) is 2. The summed E-state index contributed by atoms with van der Waals surface area (Å²) in [7, 11) is 0. The van der Waals surface area contributed by atoms with Gasteiger partial charge in [-0.05, 0) is 19.3 Å². The second-order valence-corrected chi connectivity index (χ2v) is 6.14. The monoisotopic (exact) mass is 307 g/mol. The average molecular weight is 307 g/mol. The zero-order chi connectivity index (χ0) is 15.6. The number of ether oxygens (including phenoxy) is 1. The minimum absolute atomic E-state index is 0.316. The maximum atomic E-state index is 5.96. The van der Waals surface area contributed by atoms with Crippen molar-refractivity contribution in [3.05, 3.63) is 47.8 Å². The van der Waals surface area contributed by atoms with Gasteiger partial charge in [0.2, 0.25) is 0 Å². The number of rotatable bonds is 4. The minimum Gasteiger partial charge on any atom is -0.378 e. The van der Waals surface area contributed by atoms with Gasteiger partial charge < -0.3 is 9.72 Å². The molecule has 1 aromatic carbocycles. The number of H-pyrrole nitrogens is 1. The fraction of sp³-hybridized carbons (Fsp3) is 0.368. The summed E-state index contributed by atoms with van der Waals surface area (Å²) in [6, 6.07) is 10.1. The van der Waals surface area contributed by atoms with Gasteiger partial charge in [-0.25, -0.2) is 9.97 Å². The smallest absolute Gasteiger partial charge is 0.159 e. The number of hydrogen-bond acceptors (Lipinski definition) is 3. The van der Waals surface area contributed by atoms with E-state index in [9.17, 15) is 0 Å². The third kappa shape index (κ3) is 2.75. The molecule has 4 rings (SSSR count). The maximum Gasteiger partial charge on any atom is 0.159 e. The van der Waals surface area contributed by atoms with Crippen LogP contribution in [-0.4, -0.2) is 27.7 Å². The maximum absolute atomic E-state index is 5.96. The van der Waals surface area contributed by atoms with Gasteiger partial charge in [-0.1, -0.05) is 37.3 Å². The second-order valence-electron chi connectivity index (χ2n) is 6.14. The van der Waals surface area contributed by atoms with E-state index in [1.807, 2.05) is 36.5 Å². The molecule has 4 nitrogen and oxygen atoms in total. The molecule has 3 aromatic rings. The molecular weight excluding hydrogens is 286 g/mol. The quantitative estimate of drug-likeness (QED) is 0.795. The van der Waals surface area contributed by atoms with Gasteiger partial charge in [0.15, 0.2) is 5.82 Å². The molecule has 0 fully saturated rings. The molecule has 1 aliphatic carbocycles. The first-order valence-electron chi connectivity index (χ1n) is 8.38. The lowest BCUT2D eigenvalue weighted by atomic mass is 9.94. The molecule has 0 saturated heterocycles. The van der Waals surface area contributed by atoms with E-state index in [2.05, 4.69) is 16.9 Å². The van der Waals surface area contributed by atoms with Gasteiger partial charge in [0, 0.05) is 29.8 Å². The highest BCUT2D eigenvalue weighted by Crippen LogP contribution is 2.30. The molecule has 23 heavy (non-hydrogen) atoms. The van der Waals surface area contributed by atoms with Gasteiger partial charge in [0.05, 0.1) is 23.3 Å². The Hall–Kier alpha value is -2.20. The van der Waals surface area contributed by atoms with Gasteiger partial charge >= 0.3 is 0 Å². The van der Waals surface area contributed by atoms with Gasteiger partial charge in [-0.15, -0.1) is 0 Å². The topological polar surface area (TPSA) is 50.8 Å². The molecule has 0 aliphatic heterocycles. The summed E-state index contributed by atoms with van der Waals surface area (Å²) < 4.78 is 5.96. The van der Waals surface area contributed by atoms with Crippen LogP contribution < -0.4 is 0 Å². The molecule has 0 spiro atoms. The van der Waals surface area contributed by atoms with Crippen LogP contribution in [0.3, 0.4) is 0 Å². The van der Waals surface area contributed by atoms with Crippen LogP contribution in [0, 0.1) is 0 Å². The van der Waals surface area contributed by atoms with Crippen LogP contribution in [0.4, 0.5) is 0 Å². The highest BCUT2D eigenvalue weighted by Gasteiger charge is 2.24. The third-order valence-corrected chi connectivity index (χ3v) is 4.46. The molecule has 1 unspecified atom stereocenters. The summed E-state index contributed by atoms with van der Waals surface area (Å²) >= 11 is 0. The van der Waals surface area contributed by atoms with E-state index in [0.717, 1.165) is 54.7 Å².